The zero-order valence-corrected chi connectivity index (χ0v) is 15.9. The zero-order chi connectivity index (χ0) is 15.7. The van der Waals surface area contributed by atoms with Crippen molar-refractivity contribution in [1.82, 2.24) is 4.98 Å². The minimum Gasteiger partial charge on any atom is -1.00 e. The Morgan fingerprint density at radius 2 is 1.30 bits per heavy atom. The molecule has 134 valence electrons. The summed E-state index contributed by atoms with van der Waals surface area (Å²) in [6.07, 6.45) is 30.1. The van der Waals surface area contributed by atoms with Gasteiger partial charge in [-0.15, -0.1) is 0 Å². The van der Waals surface area contributed by atoms with Crippen molar-refractivity contribution in [3.05, 3.63) is 24.8 Å². The predicted octanol–water partition coefficient (Wildman–Crippen LogP) is 3.26. The molecule has 0 bridgehead atoms. The number of hydrogen-bond donors (Lipinski definition) is 1. The van der Waals surface area contributed by atoms with Gasteiger partial charge in [0.05, 0.1) is 6.20 Å². The number of halogens is 1. The maximum atomic E-state index is 3.04. The summed E-state index contributed by atoms with van der Waals surface area (Å²) in [7, 11) is 0. The van der Waals surface area contributed by atoms with Crippen LogP contribution < -0.4 is 17.0 Å². The second-order valence-electron chi connectivity index (χ2n) is 6.47. The molecule has 1 heterocycles. The maximum absolute atomic E-state index is 3.04. The lowest BCUT2D eigenvalue weighted by molar-refractivity contribution is -0.566. The Balaban J connectivity index is 0.00000484. The van der Waals surface area contributed by atoms with Crippen LogP contribution in [0.25, 0.3) is 6.20 Å². The lowest BCUT2D eigenvalue weighted by atomic mass is 10.0. The lowest BCUT2D eigenvalue weighted by Gasteiger charge is -2.02. The standard InChI is InChI=1S/C20H36N2.ClH/c1-2-3-4-5-6-7-8-9-10-11-12-13-14-15-16-18-22-19-17-21-20-22;/h16-20H,2-15H2,1H3;1H. The van der Waals surface area contributed by atoms with Gasteiger partial charge in [-0.05, 0) is 18.9 Å². The van der Waals surface area contributed by atoms with Crippen LogP contribution in [0.1, 0.15) is 96.8 Å². The molecular weight excluding hydrogens is 304 g/mol. The second kappa shape index (κ2) is 17.6. The molecule has 3 heteroatoms. The number of nitrogens with one attached hydrogen (secondary N) is 1. The third-order valence-corrected chi connectivity index (χ3v) is 4.32. The molecule has 1 rings (SSSR count). The highest BCUT2D eigenvalue weighted by molar-refractivity contribution is 5.04. The van der Waals surface area contributed by atoms with E-state index in [4.69, 9.17) is 0 Å². The quantitative estimate of drug-likeness (QED) is 0.373. The van der Waals surface area contributed by atoms with E-state index < -0.39 is 0 Å². The molecule has 1 aromatic heterocycles. The van der Waals surface area contributed by atoms with E-state index in [0.717, 1.165) is 0 Å². The summed E-state index contributed by atoms with van der Waals surface area (Å²) in [5.74, 6) is 0. The van der Waals surface area contributed by atoms with Crippen molar-refractivity contribution in [2.24, 2.45) is 0 Å². The summed E-state index contributed by atoms with van der Waals surface area (Å²) in [4.78, 5) is 3.04. The summed E-state index contributed by atoms with van der Waals surface area (Å²) in [6.45, 7) is 2.29. The highest BCUT2D eigenvalue weighted by atomic mass is 35.5. The first kappa shape index (κ1) is 22.2. The first-order valence-electron chi connectivity index (χ1n) is 9.63. The van der Waals surface area contributed by atoms with E-state index in [1.54, 1.807) is 0 Å². The topological polar surface area (TPSA) is 19.7 Å². The van der Waals surface area contributed by atoms with Crippen LogP contribution in [0.15, 0.2) is 24.8 Å². The summed E-state index contributed by atoms with van der Waals surface area (Å²) >= 11 is 0. The SMILES string of the molecule is CCCCCCCCCCCCCCCC=C[n+]1cc[nH]c1.[Cl-]. The van der Waals surface area contributed by atoms with Gasteiger partial charge < -0.3 is 12.4 Å². The average molecular weight is 341 g/mol. The van der Waals surface area contributed by atoms with Gasteiger partial charge in [0.2, 0.25) is 6.33 Å². The summed E-state index contributed by atoms with van der Waals surface area (Å²) in [6, 6.07) is 0. The molecule has 0 unspecified atom stereocenters. The number of hydrogen-bond acceptors (Lipinski definition) is 0. The molecule has 0 aliphatic heterocycles. The lowest BCUT2D eigenvalue weighted by Crippen LogP contribution is -3.00. The average Bonchev–Trinajstić information content (AvgIpc) is 3.04. The van der Waals surface area contributed by atoms with Gasteiger partial charge >= 0.3 is 0 Å². The Kier molecular flexibility index (Phi) is 17.0. The van der Waals surface area contributed by atoms with E-state index in [0.29, 0.717) is 0 Å². The molecule has 0 atom stereocenters. The third-order valence-electron chi connectivity index (χ3n) is 4.32. The van der Waals surface area contributed by atoms with E-state index >= 15 is 0 Å². The van der Waals surface area contributed by atoms with Crippen LogP contribution in [0, 0.1) is 0 Å². The summed E-state index contributed by atoms with van der Waals surface area (Å²) in [5, 5.41) is 0. The molecule has 23 heavy (non-hydrogen) atoms. The van der Waals surface area contributed by atoms with Crippen molar-refractivity contribution >= 4 is 6.20 Å². The number of H-pyrrole nitrogens is 1. The number of aromatic amines is 1. The minimum atomic E-state index is 0. The fraction of sp³-hybridized carbons (Fsp3) is 0.750. The van der Waals surface area contributed by atoms with Crippen molar-refractivity contribution in [1.29, 1.82) is 0 Å². The number of allylic oxidation sites excluding steroid dienone is 1. The first-order valence-corrected chi connectivity index (χ1v) is 9.63. The van der Waals surface area contributed by atoms with Crippen molar-refractivity contribution in [3.63, 3.8) is 0 Å². The summed E-state index contributed by atoms with van der Waals surface area (Å²) in [5.41, 5.74) is 0. The number of nitrogens with zero attached hydrogens (tertiary/aromatic N) is 1. The number of rotatable bonds is 15. The first-order chi connectivity index (χ1) is 10.9. The van der Waals surface area contributed by atoms with E-state index in [1.165, 1.54) is 89.9 Å². The van der Waals surface area contributed by atoms with Crippen LogP contribution in [0.4, 0.5) is 0 Å². The normalized spacial score (nSPS) is 11.0. The van der Waals surface area contributed by atoms with Gasteiger partial charge in [-0.25, -0.2) is 9.55 Å². The van der Waals surface area contributed by atoms with Crippen LogP contribution >= 0.6 is 0 Å². The monoisotopic (exact) mass is 340 g/mol. The molecule has 0 radical (unpaired) electrons. The summed E-state index contributed by atoms with van der Waals surface area (Å²) < 4.78 is 2.06. The molecule has 0 saturated carbocycles. The van der Waals surface area contributed by atoms with Gasteiger partial charge in [-0.3, -0.25) is 0 Å². The Labute approximate surface area is 150 Å². The van der Waals surface area contributed by atoms with E-state index in [9.17, 15) is 0 Å². The van der Waals surface area contributed by atoms with E-state index in [2.05, 4.69) is 28.8 Å². The maximum Gasteiger partial charge on any atom is 0.246 e. The third kappa shape index (κ3) is 14.6. The van der Waals surface area contributed by atoms with Crippen molar-refractivity contribution < 1.29 is 17.0 Å². The van der Waals surface area contributed by atoms with E-state index in [-0.39, 0.29) is 12.4 Å². The fourth-order valence-electron chi connectivity index (χ4n) is 2.87. The van der Waals surface area contributed by atoms with E-state index in [1.807, 2.05) is 18.7 Å². The van der Waals surface area contributed by atoms with Crippen LogP contribution in [0.5, 0.6) is 0 Å². The molecule has 0 saturated heterocycles. The molecule has 0 aliphatic carbocycles. The highest BCUT2D eigenvalue weighted by Gasteiger charge is 1.93. The Bertz CT molecular complexity index is 347. The number of imidazole rings is 1. The van der Waals surface area contributed by atoms with Gasteiger partial charge in [0.25, 0.3) is 0 Å². The number of aromatic nitrogens is 2. The van der Waals surface area contributed by atoms with Gasteiger partial charge in [-0.1, -0.05) is 84.0 Å². The molecular formula is C20H37ClN2. The predicted molar refractivity (Wildman–Crippen MR) is 96.6 cm³/mol. The molecule has 0 fully saturated rings. The Hall–Kier alpha value is -0.760. The highest BCUT2D eigenvalue weighted by Crippen LogP contribution is 2.12. The Morgan fingerprint density at radius 1 is 0.783 bits per heavy atom. The second-order valence-corrected chi connectivity index (χ2v) is 6.47. The fourth-order valence-corrected chi connectivity index (χ4v) is 2.87. The minimum absolute atomic E-state index is 0. The smallest absolute Gasteiger partial charge is 0.246 e. The zero-order valence-electron chi connectivity index (χ0n) is 15.1. The largest absolute Gasteiger partial charge is 1.00 e. The van der Waals surface area contributed by atoms with Gasteiger partial charge in [0.1, 0.15) is 12.4 Å². The molecule has 0 aliphatic rings. The number of unbranched alkanes of at least 4 members (excludes halogenated alkanes) is 13. The van der Waals surface area contributed by atoms with Gasteiger partial charge in [-0.2, -0.15) is 0 Å². The molecule has 2 nitrogen and oxygen atoms in total. The molecule has 0 aromatic carbocycles. The molecule has 1 N–H and O–H groups in total. The van der Waals surface area contributed by atoms with Gasteiger partial charge in [0, 0.05) is 0 Å². The Morgan fingerprint density at radius 3 is 1.78 bits per heavy atom. The van der Waals surface area contributed by atoms with Crippen molar-refractivity contribution in [2.75, 3.05) is 0 Å². The van der Waals surface area contributed by atoms with Crippen LogP contribution in [0.3, 0.4) is 0 Å². The van der Waals surface area contributed by atoms with Crippen molar-refractivity contribution in [2.45, 2.75) is 96.8 Å². The van der Waals surface area contributed by atoms with Crippen molar-refractivity contribution in [3.8, 4) is 0 Å². The van der Waals surface area contributed by atoms with Gasteiger partial charge in [0.15, 0.2) is 0 Å². The molecule has 0 amide bonds. The molecule has 1 aromatic rings. The van der Waals surface area contributed by atoms with Crippen LogP contribution in [-0.2, 0) is 0 Å². The van der Waals surface area contributed by atoms with Crippen LogP contribution in [-0.4, -0.2) is 4.98 Å². The molecule has 0 spiro atoms. The van der Waals surface area contributed by atoms with Crippen LogP contribution in [0.2, 0.25) is 0 Å².